The minimum absolute atomic E-state index is 0.694. The standard InChI is InChI=1S/C47H29N3O/c1-3-14-31(15-4-1)40-29-41(49-47(48-40)34-16-5-2-6-17-34)32-25-27-33(28-26-32)44-43-38-20-9-10-24-42(38)51-46(43)39-23-12-22-37(45(39)50-44)36-21-11-18-30-13-7-8-19-35(30)36/h1-29H. The van der Waals surface area contributed by atoms with Gasteiger partial charge in [-0.2, -0.15) is 0 Å². The molecule has 10 aromatic rings. The highest BCUT2D eigenvalue weighted by atomic mass is 16.3. The van der Waals surface area contributed by atoms with E-state index in [9.17, 15) is 0 Å². The average molecular weight is 652 g/mol. The van der Waals surface area contributed by atoms with Gasteiger partial charge < -0.3 is 4.42 Å². The third kappa shape index (κ3) is 4.96. The van der Waals surface area contributed by atoms with Crippen LogP contribution in [0.3, 0.4) is 0 Å². The second-order valence-corrected chi connectivity index (χ2v) is 12.8. The molecule has 0 radical (unpaired) electrons. The summed E-state index contributed by atoms with van der Waals surface area (Å²) in [5.74, 6) is 0.694. The van der Waals surface area contributed by atoms with Crippen molar-refractivity contribution in [1.29, 1.82) is 0 Å². The zero-order valence-electron chi connectivity index (χ0n) is 27.5. The quantitative estimate of drug-likeness (QED) is 0.186. The summed E-state index contributed by atoms with van der Waals surface area (Å²) in [7, 11) is 0. The van der Waals surface area contributed by atoms with Crippen molar-refractivity contribution in [2.24, 2.45) is 0 Å². The first-order valence-corrected chi connectivity index (χ1v) is 17.1. The lowest BCUT2D eigenvalue weighted by atomic mass is 9.94. The molecule has 0 amide bonds. The fourth-order valence-corrected chi connectivity index (χ4v) is 7.24. The van der Waals surface area contributed by atoms with Crippen molar-refractivity contribution in [2.45, 2.75) is 0 Å². The zero-order valence-corrected chi connectivity index (χ0v) is 27.5. The molecule has 3 heterocycles. The number of pyridine rings is 1. The van der Waals surface area contributed by atoms with E-state index in [1.54, 1.807) is 0 Å². The van der Waals surface area contributed by atoms with Gasteiger partial charge in [-0.3, -0.25) is 0 Å². The predicted octanol–water partition coefficient (Wildman–Crippen LogP) is 12.4. The van der Waals surface area contributed by atoms with Crippen LogP contribution < -0.4 is 0 Å². The Morgan fingerprint density at radius 2 is 0.961 bits per heavy atom. The van der Waals surface area contributed by atoms with Gasteiger partial charge in [0.2, 0.25) is 0 Å². The van der Waals surface area contributed by atoms with Crippen molar-refractivity contribution in [3.8, 4) is 56.3 Å². The molecule has 4 nitrogen and oxygen atoms in total. The van der Waals surface area contributed by atoms with E-state index >= 15 is 0 Å². The van der Waals surface area contributed by atoms with E-state index in [1.165, 1.54) is 10.8 Å². The van der Waals surface area contributed by atoms with Crippen LogP contribution >= 0.6 is 0 Å². The molecule has 3 aromatic heterocycles. The van der Waals surface area contributed by atoms with Gasteiger partial charge in [0, 0.05) is 38.6 Å². The van der Waals surface area contributed by atoms with Crippen LogP contribution in [0.2, 0.25) is 0 Å². The fraction of sp³-hybridized carbons (Fsp3) is 0. The fourth-order valence-electron chi connectivity index (χ4n) is 7.24. The predicted molar refractivity (Wildman–Crippen MR) is 209 cm³/mol. The molecule has 51 heavy (non-hydrogen) atoms. The van der Waals surface area contributed by atoms with Crippen molar-refractivity contribution in [3.63, 3.8) is 0 Å². The summed E-state index contributed by atoms with van der Waals surface area (Å²) in [6, 6.07) is 60.7. The topological polar surface area (TPSA) is 51.8 Å². The Balaban J connectivity index is 1.17. The van der Waals surface area contributed by atoms with Gasteiger partial charge in [0.15, 0.2) is 5.82 Å². The summed E-state index contributed by atoms with van der Waals surface area (Å²) in [5, 5.41) is 5.45. The first kappa shape index (κ1) is 29.0. The van der Waals surface area contributed by atoms with Gasteiger partial charge in [-0.05, 0) is 34.5 Å². The summed E-state index contributed by atoms with van der Waals surface area (Å²) < 4.78 is 6.65. The Morgan fingerprint density at radius 1 is 0.392 bits per heavy atom. The maximum Gasteiger partial charge on any atom is 0.160 e. The van der Waals surface area contributed by atoms with E-state index in [1.807, 2.05) is 48.5 Å². The number of para-hydroxylation sites is 2. The summed E-state index contributed by atoms with van der Waals surface area (Å²) >= 11 is 0. The highest BCUT2D eigenvalue weighted by Gasteiger charge is 2.20. The van der Waals surface area contributed by atoms with E-state index in [0.717, 1.165) is 83.3 Å². The lowest BCUT2D eigenvalue weighted by Crippen LogP contribution is -1.96. The molecule has 0 saturated heterocycles. The van der Waals surface area contributed by atoms with E-state index in [0.29, 0.717) is 5.82 Å². The van der Waals surface area contributed by atoms with Crippen molar-refractivity contribution >= 4 is 43.6 Å². The molecule has 0 aliphatic heterocycles. The van der Waals surface area contributed by atoms with Crippen LogP contribution in [0.5, 0.6) is 0 Å². The van der Waals surface area contributed by atoms with Gasteiger partial charge in [-0.25, -0.2) is 15.0 Å². The minimum Gasteiger partial charge on any atom is -0.455 e. The van der Waals surface area contributed by atoms with Gasteiger partial charge in [0.1, 0.15) is 11.2 Å². The molecule has 0 atom stereocenters. The number of nitrogens with zero attached hydrogens (tertiary/aromatic N) is 3. The van der Waals surface area contributed by atoms with Crippen molar-refractivity contribution < 1.29 is 4.42 Å². The van der Waals surface area contributed by atoms with Gasteiger partial charge in [0.05, 0.1) is 28.0 Å². The molecule has 7 aromatic carbocycles. The van der Waals surface area contributed by atoms with Crippen LogP contribution in [0.25, 0.3) is 99.9 Å². The Hall–Kier alpha value is -6.91. The van der Waals surface area contributed by atoms with Crippen LogP contribution in [-0.2, 0) is 0 Å². The van der Waals surface area contributed by atoms with E-state index < -0.39 is 0 Å². The summed E-state index contributed by atoms with van der Waals surface area (Å²) in [4.78, 5) is 15.5. The normalized spacial score (nSPS) is 11.5. The number of benzene rings is 7. The van der Waals surface area contributed by atoms with Crippen molar-refractivity contribution in [1.82, 2.24) is 15.0 Å². The summed E-state index contributed by atoms with van der Waals surface area (Å²) in [6.07, 6.45) is 0. The molecule has 0 fully saturated rings. The molecule has 0 aliphatic carbocycles. The highest BCUT2D eigenvalue weighted by molar-refractivity contribution is 6.21. The molecule has 0 unspecified atom stereocenters. The Labute approximate surface area is 294 Å². The van der Waals surface area contributed by atoms with Crippen LogP contribution in [0.1, 0.15) is 0 Å². The summed E-state index contributed by atoms with van der Waals surface area (Å²) in [6.45, 7) is 0. The molecule has 0 saturated carbocycles. The number of rotatable bonds is 5. The zero-order chi connectivity index (χ0) is 33.7. The Kier molecular flexibility index (Phi) is 6.78. The van der Waals surface area contributed by atoms with Crippen LogP contribution in [0.4, 0.5) is 0 Å². The van der Waals surface area contributed by atoms with E-state index in [2.05, 4.69) is 127 Å². The van der Waals surface area contributed by atoms with Crippen LogP contribution in [0, 0.1) is 0 Å². The van der Waals surface area contributed by atoms with E-state index in [-0.39, 0.29) is 0 Å². The molecule has 238 valence electrons. The first-order chi connectivity index (χ1) is 25.3. The third-order valence-electron chi connectivity index (χ3n) is 9.70. The Morgan fingerprint density at radius 3 is 1.75 bits per heavy atom. The summed E-state index contributed by atoms with van der Waals surface area (Å²) in [5.41, 5.74) is 11.5. The van der Waals surface area contributed by atoms with Crippen molar-refractivity contribution in [2.75, 3.05) is 0 Å². The lowest BCUT2D eigenvalue weighted by molar-refractivity contribution is 0.672. The minimum atomic E-state index is 0.694. The second-order valence-electron chi connectivity index (χ2n) is 12.8. The monoisotopic (exact) mass is 651 g/mol. The molecule has 10 rings (SSSR count). The maximum absolute atomic E-state index is 6.65. The molecule has 0 aliphatic rings. The van der Waals surface area contributed by atoms with Crippen LogP contribution in [0.15, 0.2) is 180 Å². The molecule has 4 heteroatoms. The molecule has 0 spiro atoms. The van der Waals surface area contributed by atoms with Gasteiger partial charge in [-0.15, -0.1) is 0 Å². The molecule has 0 bridgehead atoms. The number of hydrogen-bond acceptors (Lipinski definition) is 4. The van der Waals surface area contributed by atoms with Gasteiger partial charge >= 0.3 is 0 Å². The van der Waals surface area contributed by atoms with Gasteiger partial charge in [-0.1, -0.05) is 158 Å². The maximum atomic E-state index is 6.65. The first-order valence-electron chi connectivity index (χ1n) is 17.1. The lowest BCUT2D eigenvalue weighted by Gasteiger charge is -2.13. The van der Waals surface area contributed by atoms with Gasteiger partial charge in [0.25, 0.3) is 0 Å². The molecular weight excluding hydrogens is 623 g/mol. The SMILES string of the molecule is c1ccc(-c2cc(-c3ccc(-c4nc5c(-c6cccc7ccccc67)cccc5c5oc6ccccc6c45)cc3)nc(-c3ccccc3)n2)cc1. The van der Waals surface area contributed by atoms with Crippen molar-refractivity contribution in [3.05, 3.63) is 176 Å². The molecular formula is C47H29N3O. The highest BCUT2D eigenvalue weighted by Crippen LogP contribution is 2.43. The average Bonchev–Trinajstić information content (AvgIpc) is 3.61. The number of aromatic nitrogens is 3. The van der Waals surface area contributed by atoms with E-state index in [4.69, 9.17) is 19.4 Å². The number of furan rings is 1. The van der Waals surface area contributed by atoms with Crippen LogP contribution in [-0.4, -0.2) is 15.0 Å². The largest absolute Gasteiger partial charge is 0.455 e. The number of hydrogen-bond donors (Lipinski definition) is 0. The third-order valence-corrected chi connectivity index (χ3v) is 9.70. The molecule has 0 N–H and O–H groups in total. The smallest absolute Gasteiger partial charge is 0.160 e. The second kappa shape index (κ2) is 11.9. The number of fused-ring (bicyclic) bond motifs is 6. The Bertz CT molecular complexity index is 2830.